The van der Waals surface area contributed by atoms with Crippen molar-refractivity contribution in [3.05, 3.63) is 5.82 Å². The summed E-state index contributed by atoms with van der Waals surface area (Å²) >= 11 is 0.753. The third-order valence-corrected chi connectivity index (χ3v) is 3.48. The lowest BCUT2D eigenvalue weighted by Crippen LogP contribution is -2.22. The first-order chi connectivity index (χ1) is 8.55. The first-order valence-electron chi connectivity index (χ1n) is 5.93. The maximum atomic E-state index is 12.2. The number of rotatable bonds is 5. The molecular formula is C10H15F3N4S. The Morgan fingerprint density at radius 1 is 1.28 bits per heavy atom. The number of nitrogens with one attached hydrogen (secondary N) is 1. The summed E-state index contributed by atoms with van der Waals surface area (Å²) in [6, 6.07) is 0. The number of alkyl halides is 3. The van der Waals surface area contributed by atoms with Crippen LogP contribution in [0, 0.1) is 0 Å². The van der Waals surface area contributed by atoms with Crippen molar-refractivity contribution in [2.45, 2.75) is 25.4 Å². The predicted molar refractivity (Wildman–Crippen MR) is 63.7 cm³/mol. The summed E-state index contributed by atoms with van der Waals surface area (Å²) in [6.07, 6.45) is -1.05. The van der Waals surface area contributed by atoms with Gasteiger partial charge < -0.3 is 10.2 Å². The van der Waals surface area contributed by atoms with Crippen LogP contribution in [0.5, 0.6) is 0 Å². The second-order valence-corrected chi connectivity index (χ2v) is 5.00. The second kappa shape index (κ2) is 5.83. The van der Waals surface area contributed by atoms with Gasteiger partial charge in [-0.2, -0.15) is 22.5 Å². The largest absolute Gasteiger partial charge is 0.452 e. The first kappa shape index (κ1) is 13.5. The molecule has 0 atom stereocenters. The standard InChI is InChI=1S/C10H15F3N4S/c11-10(12,13)8-15-9(18-16-8)14-4-3-7-17-5-1-2-6-17/h1-7H2,(H,14,15,16). The van der Waals surface area contributed by atoms with Gasteiger partial charge in [-0.1, -0.05) is 0 Å². The van der Waals surface area contributed by atoms with Crippen molar-refractivity contribution in [2.24, 2.45) is 0 Å². The number of hydrogen-bond acceptors (Lipinski definition) is 5. The molecule has 0 aromatic carbocycles. The molecule has 18 heavy (non-hydrogen) atoms. The molecule has 1 N–H and O–H groups in total. The molecule has 1 saturated heterocycles. The van der Waals surface area contributed by atoms with Crippen molar-refractivity contribution >= 4 is 16.7 Å². The van der Waals surface area contributed by atoms with E-state index in [2.05, 4.69) is 19.6 Å². The highest BCUT2D eigenvalue weighted by Crippen LogP contribution is 2.28. The molecule has 1 aliphatic rings. The summed E-state index contributed by atoms with van der Waals surface area (Å²) in [5, 5.41) is 3.12. The van der Waals surface area contributed by atoms with Crippen LogP contribution in [0.25, 0.3) is 0 Å². The van der Waals surface area contributed by atoms with Gasteiger partial charge in [0.15, 0.2) is 0 Å². The van der Waals surface area contributed by atoms with E-state index in [1.54, 1.807) is 0 Å². The van der Waals surface area contributed by atoms with Crippen LogP contribution in [0.1, 0.15) is 25.1 Å². The molecule has 1 aromatic heterocycles. The van der Waals surface area contributed by atoms with Gasteiger partial charge in [-0.15, -0.1) is 0 Å². The van der Waals surface area contributed by atoms with E-state index < -0.39 is 12.0 Å². The summed E-state index contributed by atoms with van der Waals surface area (Å²) in [5.41, 5.74) is 0. The number of likely N-dealkylation sites (tertiary alicyclic amines) is 1. The van der Waals surface area contributed by atoms with Crippen molar-refractivity contribution in [3.63, 3.8) is 0 Å². The number of nitrogens with zero attached hydrogens (tertiary/aromatic N) is 3. The van der Waals surface area contributed by atoms with Crippen LogP contribution >= 0.6 is 11.5 Å². The van der Waals surface area contributed by atoms with E-state index in [1.807, 2.05) is 0 Å². The lowest BCUT2D eigenvalue weighted by Gasteiger charge is -2.13. The topological polar surface area (TPSA) is 41.1 Å². The SMILES string of the molecule is FC(F)(F)c1nsc(NCCCN2CCCC2)n1. The summed E-state index contributed by atoms with van der Waals surface area (Å²) in [5.74, 6) is -1.06. The van der Waals surface area contributed by atoms with Crippen LogP contribution in [0.3, 0.4) is 0 Å². The summed E-state index contributed by atoms with van der Waals surface area (Å²) in [7, 11) is 0. The Kier molecular flexibility index (Phi) is 4.39. The quantitative estimate of drug-likeness (QED) is 0.841. The number of aromatic nitrogens is 2. The van der Waals surface area contributed by atoms with Crippen LogP contribution in [0.4, 0.5) is 18.3 Å². The van der Waals surface area contributed by atoms with Gasteiger partial charge in [0.25, 0.3) is 0 Å². The molecule has 8 heteroatoms. The van der Waals surface area contributed by atoms with E-state index in [0.29, 0.717) is 6.54 Å². The fourth-order valence-electron chi connectivity index (χ4n) is 1.91. The Morgan fingerprint density at radius 3 is 2.61 bits per heavy atom. The van der Waals surface area contributed by atoms with Crippen LogP contribution in [0.2, 0.25) is 0 Å². The molecule has 0 aliphatic carbocycles. The summed E-state index contributed by atoms with van der Waals surface area (Å²) in [4.78, 5) is 5.77. The Labute approximate surface area is 107 Å². The number of halogens is 3. The lowest BCUT2D eigenvalue weighted by molar-refractivity contribution is -0.144. The lowest BCUT2D eigenvalue weighted by atomic mass is 10.4. The molecular weight excluding hydrogens is 265 g/mol. The first-order valence-corrected chi connectivity index (χ1v) is 6.70. The van der Waals surface area contributed by atoms with Crippen molar-refractivity contribution in [3.8, 4) is 0 Å². The van der Waals surface area contributed by atoms with Crippen LogP contribution in [-0.2, 0) is 6.18 Å². The Hall–Kier alpha value is -0.890. The maximum Gasteiger partial charge on any atom is 0.452 e. The minimum absolute atomic E-state index is 0.240. The van der Waals surface area contributed by atoms with E-state index in [4.69, 9.17) is 0 Å². The highest BCUT2D eigenvalue weighted by molar-refractivity contribution is 7.09. The molecule has 1 aromatic rings. The molecule has 2 heterocycles. The minimum atomic E-state index is -4.45. The van der Waals surface area contributed by atoms with Gasteiger partial charge in [0.2, 0.25) is 11.0 Å². The van der Waals surface area contributed by atoms with Crippen LogP contribution in [0.15, 0.2) is 0 Å². The number of anilines is 1. The van der Waals surface area contributed by atoms with Crippen molar-refractivity contribution < 1.29 is 13.2 Å². The van der Waals surface area contributed by atoms with Gasteiger partial charge in [0.05, 0.1) is 0 Å². The van der Waals surface area contributed by atoms with Gasteiger partial charge in [0, 0.05) is 18.1 Å². The van der Waals surface area contributed by atoms with Crippen LogP contribution < -0.4 is 5.32 Å². The molecule has 1 fully saturated rings. The summed E-state index contributed by atoms with van der Waals surface area (Å²) < 4.78 is 40.0. The average Bonchev–Trinajstić information content (AvgIpc) is 2.95. The molecule has 0 radical (unpaired) electrons. The van der Waals surface area contributed by atoms with Gasteiger partial charge >= 0.3 is 6.18 Å². The fourth-order valence-corrected chi connectivity index (χ4v) is 2.53. The molecule has 102 valence electrons. The van der Waals surface area contributed by atoms with Crippen molar-refractivity contribution in [2.75, 3.05) is 31.5 Å². The van der Waals surface area contributed by atoms with Crippen molar-refractivity contribution in [1.82, 2.24) is 14.3 Å². The molecule has 0 saturated carbocycles. The van der Waals surface area contributed by atoms with E-state index in [1.165, 1.54) is 12.8 Å². The van der Waals surface area contributed by atoms with Gasteiger partial charge in [-0.05, 0) is 38.9 Å². The zero-order valence-corrected chi connectivity index (χ0v) is 10.7. The fraction of sp³-hybridized carbons (Fsp3) is 0.800. The zero-order chi connectivity index (χ0) is 13.0. The molecule has 0 bridgehead atoms. The third-order valence-electron chi connectivity index (χ3n) is 2.81. The van der Waals surface area contributed by atoms with Gasteiger partial charge in [-0.3, -0.25) is 0 Å². The smallest absolute Gasteiger partial charge is 0.360 e. The van der Waals surface area contributed by atoms with E-state index in [9.17, 15) is 13.2 Å². The molecule has 0 unspecified atom stereocenters. The molecule has 4 nitrogen and oxygen atoms in total. The van der Waals surface area contributed by atoms with Crippen LogP contribution in [-0.4, -0.2) is 40.4 Å². The Morgan fingerprint density at radius 2 is 2.00 bits per heavy atom. The monoisotopic (exact) mass is 280 g/mol. The third kappa shape index (κ3) is 3.81. The van der Waals surface area contributed by atoms with E-state index >= 15 is 0 Å². The average molecular weight is 280 g/mol. The zero-order valence-electron chi connectivity index (χ0n) is 9.83. The summed E-state index contributed by atoms with van der Waals surface area (Å²) in [6.45, 7) is 3.88. The minimum Gasteiger partial charge on any atom is -0.360 e. The molecule has 0 amide bonds. The normalized spacial score (nSPS) is 17.3. The van der Waals surface area contributed by atoms with Gasteiger partial charge in [-0.25, -0.2) is 0 Å². The van der Waals surface area contributed by atoms with E-state index in [0.717, 1.165) is 37.6 Å². The van der Waals surface area contributed by atoms with Gasteiger partial charge in [0.1, 0.15) is 0 Å². The highest BCUT2D eigenvalue weighted by Gasteiger charge is 2.36. The molecule has 1 aliphatic heterocycles. The Bertz CT molecular complexity index is 373. The predicted octanol–water partition coefficient (Wildman–Crippen LogP) is 2.45. The Balaban J connectivity index is 1.68. The van der Waals surface area contributed by atoms with E-state index in [-0.39, 0.29) is 5.13 Å². The number of hydrogen-bond donors (Lipinski definition) is 1. The highest BCUT2D eigenvalue weighted by atomic mass is 32.1. The molecule has 2 rings (SSSR count). The van der Waals surface area contributed by atoms with Crippen molar-refractivity contribution in [1.29, 1.82) is 0 Å². The molecule has 0 spiro atoms. The second-order valence-electron chi connectivity index (χ2n) is 4.25. The maximum absolute atomic E-state index is 12.2.